The molecule has 45 heavy (non-hydrogen) atoms. The van der Waals surface area contributed by atoms with Crippen LogP contribution >= 0.6 is 0 Å². The minimum Gasteiger partial charge on any atom is -0.497 e. The Bertz CT molecular complexity index is 1920. The topological polar surface area (TPSA) is 130 Å². The molecule has 8 heteroatoms. The van der Waals surface area contributed by atoms with Gasteiger partial charge in [0.05, 0.1) is 12.7 Å². The van der Waals surface area contributed by atoms with Gasteiger partial charge in [0.25, 0.3) is 5.91 Å². The van der Waals surface area contributed by atoms with Crippen LogP contribution < -0.4 is 15.8 Å². The Morgan fingerprint density at radius 1 is 0.911 bits per heavy atom. The van der Waals surface area contributed by atoms with E-state index in [9.17, 15) is 14.7 Å². The Kier molecular flexibility index (Phi) is 9.04. The summed E-state index contributed by atoms with van der Waals surface area (Å²) in [5.41, 5.74) is 14.7. The number of carboxylic acid groups (broad SMARTS) is 1. The second-order valence-corrected chi connectivity index (χ2v) is 11.4. The first-order valence-corrected chi connectivity index (χ1v) is 14.9. The van der Waals surface area contributed by atoms with Gasteiger partial charge in [-0.05, 0) is 103 Å². The van der Waals surface area contributed by atoms with Crippen LogP contribution in [0.5, 0.6) is 5.75 Å². The van der Waals surface area contributed by atoms with Gasteiger partial charge in [-0.2, -0.15) is 0 Å². The lowest BCUT2D eigenvalue weighted by atomic mass is 9.93. The summed E-state index contributed by atoms with van der Waals surface area (Å²) in [5, 5.41) is 22.1. The molecular weight excluding hydrogens is 564 g/mol. The highest BCUT2D eigenvalue weighted by molar-refractivity contribution is 6.00. The summed E-state index contributed by atoms with van der Waals surface area (Å²) in [6.45, 7) is 7.10. The van der Waals surface area contributed by atoms with Crippen molar-refractivity contribution in [2.24, 2.45) is 5.73 Å². The predicted molar refractivity (Wildman–Crippen MR) is 179 cm³/mol. The number of ether oxygens (including phenoxy) is 1. The number of carbonyl (C=O) groups excluding carboxylic acids is 1. The number of aromatic carboxylic acids is 1. The number of benzene rings is 4. The van der Waals surface area contributed by atoms with Gasteiger partial charge in [0, 0.05) is 41.3 Å². The van der Waals surface area contributed by atoms with Gasteiger partial charge in [0.1, 0.15) is 11.6 Å². The van der Waals surface area contributed by atoms with Crippen LogP contribution in [-0.4, -0.2) is 41.0 Å². The minimum atomic E-state index is -1.07. The van der Waals surface area contributed by atoms with Crippen LogP contribution in [0.4, 0.5) is 0 Å². The van der Waals surface area contributed by atoms with Gasteiger partial charge in [0.15, 0.2) is 0 Å². The summed E-state index contributed by atoms with van der Waals surface area (Å²) < 4.78 is 7.43. The van der Waals surface area contributed by atoms with E-state index >= 15 is 0 Å². The van der Waals surface area contributed by atoms with Crippen LogP contribution in [0.25, 0.3) is 22.0 Å². The van der Waals surface area contributed by atoms with Crippen molar-refractivity contribution in [3.8, 4) is 16.9 Å². The third-order valence-electron chi connectivity index (χ3n) is 7.94. The SMILES string of the molecule is CCCNC(=O)c1ccc(-c2ccc(OC)cc2C(=O)O)c(Cn2cc(Cc3cc(C)cc(C)c3)c3cc(C(=N)N)ccc32)c1. The summed E-state index contributed by atoms with van der Waals surface area (Å²) in [5.74, 6) is -0.812. The number of nitrogen functional groups attached to an aromatic ring is 1. The summed E-state index contributed by atoms with van der Waals surface area (Å²) in [4.78, 5) is 25.4. The van der Waals surface area contributed by atoms with Crippen molar-refractivity contribution in [2.75, 3.05) is 13.7 Å². The fourth-order valence-corrected chi connectivity index (χ4v) is 5.92. The van der Waals surface area contributed by atoms with Crippen molar-refractivity contribution >= 4 is 28.6 Å². The van der Waals surface area contributed by atoms with Crippen LogP contribution in [0.1, 0.15) is 67.4 Å². The quantitative estimate of drug-likeness (QED) is 0.0988. The van der Waals surface area contributed by atoms with Gasteiger partial charge in [-0.15, -0.1) is 0 Å². The van der Waals surface area contributed by atoms with E-state index in [0.29, 0.717) is 47.5 Å². The normalized spacial score (nSPS) is 11.0. The molecule has 0 aliphatic rings. The lowest BCUT2D eigenvalue weighted by Crippen LogP contribution is -2.24. The van der Waals surface area contributed by atoms with E-state index in [4.69, 9.17) is 15.9 Å². The van der Waals surface area contributed by atoms with Gasteiger partial charge in [-0.3, -0.25) is 10.2 Å². The van der Waals surface area contributed by atoms with Crippen LogP contribution in [0.3, 0.4) is 0 Å². The fourth-order valence-electron chi connectivity index (χ4n) is 5.92. The smallest absolute Gasteiger partial charge is 0.336 e. The maximum atomic E-state index is 13.0. The zero-order valence-electron chi connectivity index (χ0n) is 26.0. The standard InChI is InChI=1S/C37H38N4O4/c1-5-12-40-36(42)26-6-9-30(31-10-8-29(45-4)19-33(31)37(43)44)28(17-26)21-41-20-27(16-24-14-22(2)13-23(3)15-24)32-18-25(35(38)39)7-11-34(32)41/h6-11,13-15,17-20H,5,12,16,21H2,1-4H3,(H3,38,39)(H,40,42)(H,43,44). The Morgan fingerprint density at radius 2 is 1.62 bits per heavy atom. The van der Waals surface area contributed by atoms with Crippen LogP contribution in [0.2, 0.25) is 0 Å². The van der Waals surface area contributed by atoms with Gasteiger partial charge < -0.3 is 25.5 Å². The van der Waals surface area contributed by atoms with E-state index in [-0.39, 0.29) is 17.3 Å². The zero-order chi connectivity index (χ0) is 32.2. The molecule has 5 rings (SSSR count). The Balaban J connectivity index is 1.68. The number of amides is 1. The molecule has 5 aromatic rings. The summed E-state index contributed by atoms with van der Waals surface area (Å²) in [6.07, 6.45) is 3.60. The molecule has 1 aromatic heterocycles. The lowest BCUT2D eigenvalue weighted by Gasteiger charge is -2.16. The summed E-state index contributed by atoms with van der Waals surface area (Å²) in [7, 11) is 1.50. The Morgan fingerprint density at radius 3 is 2.29 bits per heavy atom. The average Bonchev–Trinajstić information content (AvgIpc) is 3.34. The molecule has 0 fully saturated rings. The molecule has 0 spiro atoms. The maximum Gasteiger partial charge on any atom is 0.336 e. The van der Waals surface area contributed by atoms with Crippen molar-refractivity contribution in [3.63, 3.8) is 0 Å². The van der Waals surface area contributed by atoms with E-state index in [1.165, 1.54) is 29.9 Å². The molecule has 4 aromatic carbocycles. The first kappa shape index (κ1) is 31.1. The molecule has 0 aliphatic carbocycles. The molecule has 0 saturated heterocycles. The van der Waals surface area contributed by atoms with E-state index < -0.39 is 5.97 Å². The largest absolute Gasteiger partial charge is 0.497 e. The molecule has 1 heterocycles. The number of methoxy groups -OCH3 is 1. The number of aryl methyl sites for hydroxylation is 2. The van der Waals surface area contributed by atoms with Crippen molar-refractivity contribution in [1.29, 1.82) is 5.41 Å². The van der Waals surface area contributed by atoms with E-state index in [1.54, 1.807) is 18.2 Å². The Labute approximate surface area is 263 Å². The lowest BCUT2D eigenvalue weighted by molar-refractivity contribution is 0.0697. The third-order valence-corrected chi connectivity index (χ3v) is 7.94. The van der Waals surface area contributed by atoms with E-state index in [2.05, 4.69) is 48.1 Å². The molecule has 0 unspecified atom stereocenters. The van der Waals surface area contributed by atoms with Crippen molar-refractivity contribution in [2.45, 2.75) is 40.2 Å². The summed E-state index contributed by atoms with van der Waals surface area (Å²) in [6, 6.07) is 22.7. The summed E-state index contributed by atoms with van der Waals surface area (Å²) >= 11 is 0. The Hall–Kier alpha value is -5.37. The van der Waals surface area contributed by atoms with Crippen molar-refractivity contribution in [3.05, 3.63) is 124 Å². The highest BCUT2D eigenvalue weighted by atomic mass is 16.5. The van der Waals surface area contributed by atoms with Crippen molar-refractivity contribution < 1.29 is 19.4 Å². The second-order valence-electron chi connectivity index (χ2n) is 11.4. The second kappa shape index (κ2) is 13.1. The van der Waals surface area contributed by atoms with Gasteiger partial charge >= 0.3 is 5.97 Å². The number of hydrogen-bond donors (Lipinski definition) is 4. The van der Waals surface area contributed by atoms with Gasteiger partial charge in [-0.25, -0.2) is 4.79 Å². The van der Waals surface area contributed by atoms with Gasteiger partial charge in [0.2, 0.25) is 0 Å². The van der Waals surface area contributed by atoms with E-state index in [1.807, 2.05) is 37.3 Å². The number of rotatable bonds is 11. The monoisotopic (exact) mass is 602 g/mol. The van der Waals surface area contributed by atoms with Crippen LogP contribution in [0.15, 0.2) is 79.0 Å². The molecule has 230 valence electrons. The van der Waals surface area contributed by atoms with Crippen molar-refractivity contribution in [1.82, 2.24) is 9.88 Å². The van der Waals surface area contributed by atoms with E-state index in [0.717, 1.165) is 28.5 Å². The number of carboxylic acids is 1. The first-order valence-electron chi connectivity index (χ1n) is 14.9. The average molecular weight is 603 g/mol. The molecule has 8 nitrogen and oxygen atoms in total. The molecule has 0 radical (unpaired) electrons. The number of fused-ring (bicyclic) bond motifs is 1. The minimum absolute atomic E-state index is 0.00390. The molecule has 0 aliphatic heterocycles. The third kappa shape index (κ3) is 6.75. The number of amidine groups is 1. The predicted octanol–water partition coefficient (Wildman–Crippen LogP) is 6.69. The number of hydrogen-bond acceptors (Lipinski definition) is 4. The molecule has 0 saturated carbocycles. The van der Waals surface area contributed by atoms with Gasteiger partial charge in [-0.1, -0.05) is 42.3 Å². The van der Waals surface area contributed by atoms with Crippen LogP contribution in [0, 0.1) is 19.3 Å². The molecule has 0 bridgehead atoms. The molecule has 0 atom stereocenters. The highest BCUT2D eigenvalue weighted by Gasteiger charge is 2.19. The van der Waals surface area contributed by atoms with Crippen LogP contribution in [-0.2, 0) is 13.0 Å². The number of nitrogens with one attached hydrogen (secondary N) is 2. The number of nitrogens with zero attached hydrogens (tertiary/aromatic N) is 1. The maximum absolute atomic E-state index is 13.0. The first-order chi connectivity index (χ1) is 21.6. The molecule has 5 N–H and O–H groups in total. The molecular formula is C37H38N4O4. The highest BCUT2D eigenvalue weighted by Crippen LogP contribution is 2.33. The fraction of sp³-hybridized carbons (Fsp3) is 0.216. The number of aromatic nitrogens is 1. The molecule has 1 amide bonds. The zero-order valence-corrected chi connectivity index (χ0v) is 26.0. The number of nitrogens with two attached hydrogens (primary N) is 1. The number of carbonyl (C=O) groups is 2.